The summed E-state index contributed by atoms with van der Waals surface area (Å²) >= 11 is 3.86. The van der Waals surface area contributed by atoms with Crippen molar-refractivity contribution in [3.8, 4) is 0 Å². The van der Waals surface area contributed by atoms with Crippen LogP contribution in [0.4, 0.5) is 13.2 Å². The molecule has 128 valence electrons. The number of rotatable bonds is 3. The Morgan fingerprint density at radius 3 is 2.26 bits per heavy atom. The van der Waals surface area contributed by atoms with E-state index in [1.54, 1.807) is 5.57 Å². The Balaban J connectivity index is 0.000000168. The zero-order chi connectivity index (χ0) is 16.7. The van der Waals surface area contributed by atoms with Gasteiger partial charge in [0.1, 0.15) is 0 Å². The van der Waals surface area contributed by atoms with Crippen LogP contribution < -0.4 is 10.6 Å². The third-order valence-corrected chi connectivity index (χ3v) is 4.15. The second-order valence-corrected chi connectivity index (χ2v) is 6.47. The zero-order valence-corrected chi connectivity index (χ0v) is 13.9. The highest BCUT2D eigenvalue weighted by Crippen LogP contribution is 2.29. The number of hydrogen-bond acceptors (Lipinski definition) is 3. The predicted molar refractivity (Wildman–Crippen MR) is 89.6 cm³/mol. The molecule has 6 heteroatoms. The summed E-state index contributed by atoms with van der Waals surface area (Å²) in [6, 6.07) is 4.63. The van der Waals surface area contributed by atoms with Crippen molar-refractivity contribution in [2.75, 3.05) is 19.6 Å². The summed E-state index contributed by atoms with van der Waals surface area (Å²) in [7, 11) is 0. The largest absolute Gasteiger partial charge is 0.416 e. The first-order valence-corrected chi connectivity index (χ1v) is 8.38. The highest BCUT2D eigenvalue weighted by molar-refractivity contribution is 7.80. The van der Waals surface area contributed by atoms with Crippen LogP contribution in [-0.2, 0) is 6.18 Å². The molecule has 3 rings (SSSR count). The lowest BCUT2D eigenvalue weighted by atomic mass is 10.1. The van der Waals surface area contributed by atoms with E-state index in [9.17, 15) is 13.2 Å². The van der Waals surface area contributed by atoms with E-state index in [1.165, 1.54) is 44.4 Å². The topological polar surface area (TPSA) is 24.1 Å². The van der Waals surface area contributed by atoms with Crippen LogP contribution in [0.25, 0.3) is 0 Å². The second-order valence-electron chi connectivity index (χ2n) is 5.95. The average Bonchev–Trinajstić information content (AvgIpc) is 3.33. The minimum Gasteiger partial charge on any atom is -0.391 e. The van der Waals surface area contributed by atoms with Crippen molar-refractivity contribution in [1.29, 1.82) is 0 Å². The van der Waals surface area contributed by atoms with Gasteiger partial charge in [-0.2, -0.15) is 13.2 Å². The highest BCUT2D eigenvalue weighted by atomic mass is 32.1. The van der Waals surface area contributed by atoms with Gasteiger partial charge >= 0.3 is 6.18 Å². The summed E-state index contributed by atoms with van der Waals surface area (Å²) in [4.78, 5) is 0.526. The number of benzene rings is 1. The third-order valence-electron chi connectivity index (χ3n) is 3.85. The van der Waals surface area contributed by atoms with Crippen LogP contribution in [0, 0.1) is 5.92 Å². The van der Waals surface area contributed by atoms with E-state index in [1.807, 2.05) is 0 Å². The van der Waals surface area contributed by atoms with E-state index in [0.29, 0.717) is 4.90 Å². The molecule has 1 saturated heterocycles. The van der Waals surface area contributed by atoms with Crippen LogP contribution in [0.1, 0.15) is 31.2 Å². The first kappa shape index (κ1) is 18.2. The van der Waals surface area contributed by atoms with Gasteiger partial charge in [0.25, 0.3) is 0 Å². The van der Waals surface area contributed by atoms with Gasteiger partial charge in [-0.3, -0.25) is 0 Å². The molecule has 1 heterocycles. The summed E-state index contributed by atoms with van der Waals surface area (Å²) in [5, 5.41) is 6.78. The maximum absolute atomic E-state index is 11.9. The van der Waals surface area contributed by atoms with Crippen molar-refractivity contribution in [2.24, 2.45) is 5.92 Å². The lowest BCUT2D eigenvalue weighted by molar-refractivity contribution is -0.137. The van der Waals surface area contributed by atoms with Crippen LogP contribution in [0.2, 0.25) is 0 Å². The molecule has 0 spiro atoms. The fourth-order valence-corrected chi connectivity index (χ4v) is 2.38. The summed E-state index contributed by atoms with van der Waals surface area (Å²) in [5.74, 6) is 0.989. The number of thiol groups is 1. The van der Waals surface area contributed by atoms with Gasteiger partial charge in [0.05, 0.1) is 5.56 Å². The van der Waals surface area contributed by atoms with Gasteiger partial charge in [0.15, 0.2) is 0 Å². The van der Waals surface area contributed by atoms with Crippen molar-refractivity contribution >= 4 is 12.6 Å². The van der Waals surface area contributed by atoms with E-state index in [-0.39, 0.29) is 0 Å². The molecular formula is C17H23F3N2S. The van der Waals surface area contributed by atoms with Gasteiger partial charge in [-0.15, -0.1) is 12.6 Å². The Morgan fingerprint density at radius 2 is 1.74 bits per heavy atom. The Bertz CT molecular complexity index is 500. The molecule has 1 aliphatic heterocycles. The average molecular weight is 344 g/mol. The lowest BCUT2D eigenvalue weighted by Gasteiger charge is -2.15. The Morgan fingerprint density at radius 1 is 1.13 bits per heavy atom. The van der Waals surface area contributed by atoms with Gasteiger partial charge < -0.3 is 10.6 Å². The van der Waals surface area contributed by atoms with Gasteiger partial charge in [0, 0.05) is 11.4 Å². The Kier molecular flexibility index (Phi) is 6.84. The van der Waals surface area contributed by atoms with E-state index in [0.717, 1.165) is 31.1 Å². The summed E-state index contributed by atoms with van der Waals surface area (Å²) in [6.45, 7) is 3.53. The van der Waals surface area contributed by atoms with Crippen molar-refractivity contribution in [1.82, 2.24) is 10.6 Å². The molecule has 2 N–H and O–H groups in total. The predicted octanol–water partition coefficient (Wildman–Crippen LogP) is 4.25. The lowest BCUT2D eigenvalue weighted by Crippen LogP contribution is -2.24. The molecule has 0 atom stereocenters. The van der Waals surface area contributed by atoms with Crippen molar-refractivity contribution in [3.05, 3.63) is 41.6 Å². The van der Waals surface area contributed by atoms with Gasteiger partial charge in [-0.05, 0) is 75.2 Å². The third kappa shape index (κ3) is 7.31. The van der Waals surface area contributed by atoms with E-state index < -0.39 is 11.7 Å². The first-order chi connectivity index (χ1) is 10.9. The van der Waals surface area contributed by atoms with E-state index in [4.69, 9.17) is 0 Å². The fraction of sp³-hybridized carbons (Fsp3) is 0.529. The molecule has 23 heavy (non-hydrogen) atoms. The van der Waals surface area contributed by atoms with E-state index in [2.05, 4.69) is 29.5 Å². The van der Waals surface area contributed by atoms with Gasteiger partial charge in [0.2, 0.25) is 0 Å². The molecule has 0 unspecified atom stereocenters. The number of piperidine rings is 1. The molecule has 2 fully saturated rings. The van der Waals surface area contributed by atoms with Crippen molar-refractivity contribution in [3.63, 3.8) is 0 Å². The van der Waals surface area contributed by atoms with Crippen LogP contribution in [0.15, 0.2) is 40.9 Å². The molecule has 0 bridgehead atoms. The molecule has 0 aromatic heterocycles. The smallest absolute Gasteiger partial charge is 0.391 e. The molecule has 1 aromatic carbocycles. The molecule has 2 nitrogen and oxygen atoms in total. The number of alkyl halides is 3. The first-order valence-electron chi connectivity index (χ1n) is 7.93. The summed E-state index contributed by atoms with van der Waals surface area (Å²) < 4.78 is 35.7. The van der Waals surface area contributed by atoms with Crippen molar-refractivity contribution in [2.45, 2.75) is 36.8 Å². The maximum atomic E-state index is 11.9. The molecule has 0 radical (unpaired) electrons. The van der Waals surface area contributed by atoms with Crippen LogP contribution in [-0.4, -0.2) is 19.6 Å². The second kappa shape index (κ2) is 8.64. The standard InChI is InChI=1S/C10H18N2.C7H5F3S/c1-2-9(1)7-12-8-10-3-5-11-6-4-10;8-7(9,10)5-1-3-6(11)4-2-5/h8-9,11-12H,1-7H2;1-4,11H. The molecule has 1 aromatic rings. The molecule has 1 saturated carbocycles. The molecule has 1 aliphatic carbocycles. The minimum atomic E-state index is -4.25. The zero-order valence-electron chi connectivity index (χ0n) is 13.0. The normalized spacial score (nSPS) is 18.0. The quantitative estimate of drug-likeness (QED) is 0.714. The number of hydrogen-bond donors (Lipinski definition) is 3. The molecule has 2 aliphatic rings. The van der Waals surface area contributed by atoms with Gasteiger partial charge in [-0.25, -0.2) is 0 Å². The summed E-state index contributed by atoms with van der Waals surface area (Å²) in [5.41, 5.74) is 0.949. The molecular weight excluding hydrogens is 321 g/mol. The monoisotopic (exact) mass is 344 g/mol. The van der Waals surface area contributed by atoms with Crippen LogP contribution in [0.3, 0.4) is 0 Å². The number of halogens is 3. The fourth-order valence-electron chi connectivity index (χ4n) is 2.23. The van der Waals surface area contributed by atoms with Crippen LogP contribution in [0.5, 0.6) is 0 Å². The SMILES string of the molecule is C(NCC1CC1)=C1CCNCC1.FC(F)(F)c1ccc(S)cc1. The van der Waals surface area contributed by atoms with Crippen molar-refractivity contribution < 1.29 is 13.2 Å². The number of nitrogens with one attached hydrogen (secondary N) is 2. The maximum Gasteiger partial charge on any atom is 0.416 e. The Hall–Kier alpha value is -1.14. The van der Waals surface area contributed by atoms with Gasteiger partial charge in [-0.1, -0.05) is 5.57 Å². The van der Waals surface area contributed by atoms with E-state index >= 15 is 0 Å². The van der Waals surface area contributed by atoms with Crippen LogP contribution >= 0.6 is 12.6 Å². The summed E-state index contributed by atoms with van der Waals surface area (Å²) in [6.07, 6.45) is 3.35. The minimum absolute atomic E-state index is 0.526. The Labute approximate surface area is 141 Å². The highest BCUT2D eigenvalue weighted by Gasteiger charge is 2.29. The molecule has 0 amide bonds.